The van der Waals surface area contributed by atoms with Gasteiger partial charge in [0.25, 0.3) is 5.09 Å². The fourth-order valence-corrected chi connectivity index (χ4v) is 1.65. The Balaban J connectivity index is 0.000000224. The minimum Gasteiger partial charge on any atom is -0.394 e. The first-order valence-corrected chi connectivity index (χ1v) is 6.22. The lowest BCUT2D eigenvalue weighted by molar-refractivity contribution is -0.711. The van der Waals surface area contributed by atoms with Crippen LogP contribution in [-0.4, -0.2) is 67.9 Å². The van der Waals surface area contributed by atoms with Crippen molar-refractivity contribution in [3.8, 4) is 5.75 Å². The van der Waals surface area contributed by atoms with Gasteiger partial charge in [-0.15, -0.1) is 10.1 Å². The van der Waals surface area contributed by atoms with Gasteiger partial charge in [-0.3, -0.25) is 4.84 Å². The normalized spacial score (nSPS) is 30.9. The number of rotatable bonds is 3. The van der Waals surface area contributed by atoms with E-state index in [1.807, 2.05) is 0 Å². The van der Waals surface area contributed by atoms with Crippen LogP contribution in [0.15, 0.2) is 30.3 Å². The smallest absolute Gasteiger partial charge is 0.299 e. The van der Waals surface area contributed by atoms with Crippen LogP contribution in [0.2, 0.25) is 0 Å². The van der Waals surface area contributed by atoms with Crippen molar-refractivity contribution in [3.05, 3.63) is 40.4 Å². The molecule has 0 radical (unpaired) electrons. The van der Waals surface area contributed by atoms with Gasteiger partial charge < -0.3 is 30.3 Å². The lowest BCUT2D eigenvalue weighted by Gasteiger charge is -2.37. The van der Waals surface area contributed by atoms with E-state index in [2.05, 4.69) is 9.57 Å². The summed E-state index contributed by atoms with van der Waals surface area (Å²) in [4.78, 5) is 13.9. The Labute approximate surface area is 124 Å². The molecule has 1 fully saturated rings. The van der Waals surface area contributed by atoms with Crippen LogP contribution in [0.1, 0.15) is 0 Å². The topological polar surface area (TPSA) is 163 Å². The molecule has 1 aromatic carbocycles. The average molecular weight is 319 g/mol. The van der Waals surface area contributed by atoms with Crippen molar-refractivity contribution in [2.75, 3.05) is 6.61 Å². The highest BCUT2D eigenvalue weighted by molar-refractivity contribution is 5.19. The molecule has 10 heteroatoms. The van der Waals surface area contributed by atoms with Crippen LogP contribution >= 0.6 is 0 Å². The van der Waals surface area contributed by atoms with Gasteiger partial charge in [0, 0.05) is 0 Å². The van der Waals surface area contributed by atoms with E-state index in [9.17, 15) is 10.1 Å². The first kappa shape index (κ1) is 18.2. The predicted molar refractivity (Wildman–Crippen MR) is 70.1 cm³/mol. The van der Waals surface area contributed by atoms with Crippen LogP contribution in [0.3, 0.4) is 0 Å². The minimum absolute atomic E-state index is 0.243. The molecule has 10 nitrogen and oxygen atoms in total. The van der Waals surface area contributed by atoms with Crippen LogP contribution in [0.25, 0.3) is 0 Å². The Kier molecular flexibility index (Phi) is 7.11. The zero-order chi connectivity index (χ0) is 16.7. The van der Waals surface area contributed by atoms with E-state index >= 15 is 0 Å². The summed E-state index contributed by atoms with van der Waals surface area (Å²) < 4.78 is 4.58. The number of nitrogens with zero attached hydrogens (tertiary/aromatic N) is 1. The maximum atomic E-state index is 9.75. The maximum absolute atomic E-state index is 9.75. The van der Waals surface area contributed by atoms with Gasteiger partial charge >= 0.3 is 0 Å². The molecule has 1 saturated heterocycles. The molecule has 5 atom stereocenters. The highest BCUT2D eigenvalue weighted by Crippen LogP contribution is 2.19. The molecule has 0 spiro atoms. The monoisotopic (exact) mass is 319 g/mol. The Morgan fingerprint density at radius 1 is 1.09 bits per heavy atom. The van der Waals surface area contributed by atoms with Gasteiger partial charge in [0.15, 0.2) is 6.29 Å². The molecule has 1 heterocycles. The van der Waals surface area contributed by atoms with Gasteiger partial charge in [-0.05, 0) is 12.1 Å². The van der Waals surface area contributed by atoms with Crippen LogP contribution < -0.4 is 4.84 Å². The lowest BCUT2D eigenvalue weighted by atomic mass is 10.00. The quantitative estimate of drug-likeness (QED) is 0.314. The van der Waals surface area contributed by atoms with E-state index < -0.39 is 42.4 Å². The first-order valence-electron chi connectivity index (χ1n) is 6.22. The van der Waals surface area contributed by atoms with Crippen molar-refractivity contribution in [1.82, 2.24) is 0 Å². The molecule has 1 aliphatic rings. The summed E-state index contributed by atoms with van der Waals surface area (Å²) in [5, 5.41) is 53.6. The number of benzene rings is 1. The summed E-state index contributed by atoms with van der Waals surface area (Å²) in [5.41, 5.74) is 0. The minimum atomic E-state index is -1.57. The fourth-order valence-electron chi connectivity index (χ4n) is 1.65. The van der Waals surface area contributed by atoms with E-state index in [0.717, 1.165) is 0 Å². The second kappa shape index (κ2) is 8.58. The Bertz CT molecular complexity index is 452. The molecule has 5 N–H and O–H groups in total. The van der Waals surface area contributed by atoms with Crippen molar-refractivity contribution < 1.29 is 40.2 Å². The van der Waals surface area contributed by atoms with E-state index in [1.54, 1.807) is 18.2 Å². The van der Waals surface area contributed by atoms with Gasteiger partial charge in [-0.25, -0.2) is 0 Å². The summed E-state index contributed by atoms with van der Waals surface area (Å²) in [6, 6.07) is 8.12. The first-order chi connectivity index (χ1) is 10.4. The number of aliphatic hydroxyl groups is 5. The molecule has 2 rings (SSSR count). The number of para-hydroxylation sites is 1. The van der Waals surface area contributed by atoms with Crippen LogP contribution in [-0.2, 0) is 4.74 Å². The largest absolute Gasteiger partial charge is 0.394 e. The van der Waals surface area contributed by atoms with Gasteiger partial charge in [0.05, 0.1) is 6.61 Å². The summed E-state index contributed by atoms with van der Waals surface area (Å²) in [7, 11) is 0. The highest BCUT2D eigenvalue weighted by atomic mass is 17.0. The second-order valence-electron chi connectivity index (χ2n) is 4.35. The fraction of sp³-hybridized carbons (Fsp3) is 0.500. The zero-order valence-corrected chi connectivity index (χ0v) is 11.3. The van der Waals surface area contributed by atoms with Crippen LogP contribution in [0.4, 0.5) is 0 Å². The molecular weight excluding hydrogens is 302 g/mol. The molecule has 1 aliphatic heterocycles. The zero-order valence-electron chi connectivity index (χ0n) is 11.3. The molecule has 0 bridgehead atoms. The molecule has 1 aromatic rings. The standard InChI is InChI=1S/C6H5NO3.C6H12O6/c8-7(9)10-6-4-2-1-3-5-6;7-1-2-3(8)4(9)5(10)6(11)12-2/h1-5H;2-11H,1H2/t;2-,3+,4+,5-,6-/m.1/s1. The van der Waals surface area contributed by atoms with E-state index in [4.69, 9.17) is 25.5 Å². The van der Waals surface area contributed by atoms with Crippen molar-refractivity contribution in [2.45, 2.75) is 30.7 Å². The third kappa shape index (κ3) is 5.18. The van der Waals surface area contributed by atoms with Gasteiger partial charge in [-0.2, -0.15) is 0 Å². The highest BCUT2D eigenvalue weighted by Gasteiger charge is 2.42. The molecule has 0 aromatic heterocycles. The van der Waals surface area contributed by atoms with Gasteiger partial charge in [-0.1, -0.05) is 18.2 Å². The van der Waals surface area contributed by atoms with E-state index in [0.29, 0.717) is 0 Å². The average Bonchev–Trinajstić information content (AvgIpc) is 2.50. The van der Waals surface area contributed by atoms with E-state index in [1.165, 1.54) is 12.1 Å². The van der Waals surface area contributed by atoms with Crippen molar-refractivity contribution in [2.24, 2.45) is 0 Å². The Hall–Kier alpha value is -1.82. The van der Waals surface area contributed by atoms with Crippen molar-refractivity contribution >= 4 is 0 Å². The predicted octanol–water partition coefficient (Wildman–Crippen LogP) is -1.96. The Morgan fingerprint density at radius 2 is 1.68 bits per heavy atom. The second-order valence-corrected chi connectivity index (χ2v) is 4.35. The third-order valence-corrected chi connectivity index (χ3v) is 2.79. The third-order valence-electron chi connectivity index (χ3n) is 2.79. The summed E-state index contributed by atoms with van der Waals surface area (Å²) >= 11 is 0. The van der Waals surface area contributed by atoms with Crippen molar-refractivity contribution in [3.63, 3.8) is 0 Å². The van der Waals surface area contributed by atoms with Gasteiger partial charge in [0.2, 0.25) is 0 Å². The molecule has 0 saturated carbocycles. The molecular formula is C12H17NO9. The molecule has 124 valence electrons. The summed E-state index contributed by atoms with van der Waals surface area (Å²) in [5.74, 6) is 0.243. The van der Waals surface area contributed by atoms with Crippen molar-refractivity contribution in [1.29, 1.82) is 0 Å². The Morgan fingerprint density at radius 3 is 2.18 bits per heavy atom. The summed E-state index contributed by atoms with van der Waals surface area (Å²) in [6.45, 7) is -0.526. The van der Waals surface area contributed by atoms with Crippen LogP contribution in [0.5, 0.6) is 5.75 Å². The molecule has 0 unspecified atom stereocenters. The molecule has 0 amide bonds. The molecule has 0 aliphatic carbocycles. The number of aliphatic hydroxyl groups excluding tert-OH is 5. The number of hydrogen-bond acceptors (Lipinski definition) is 9. The number of hydrogen-bond donors (Lipinski definition) is 5. The SMILES string of the molecule is O=[N+]([O-])Oc1ccccc1.OC[C@H]1O[C@@H](O)[C@H](O)[C@@H](O)[C@H]1O. The summed E-state index contributed by atoms with van der Waals surface area (Å²) in [6.07, 6.45) is -7.04. The molecule has 22 heavy (non-hydrogen) atoms. The van der Waals surface area contributed by atoms with E-state index in [-0.39, 0.29) is 5.75 Å². The number of ether oxygens (including phenoxy) is 1. The van der Waals surface area contributed by atoms with Gasteiger partial charge in [0.1, 0.15) is 30.2 Å². The maximum Gasteiger partial charge on any atom is 0.299 e. The lowest BCUT2D eigenvalue weighted by Crippen LogP contribution is -2.58. The van der Waals surface area contributed by atoms with Crippen LogP contribution in [0, 0.1) is 10.1 Å².